The number of amides is 2. The van der Waals surface area contributed by atoms with Crippen LogP contribution in [0.5, 0.6) is 0 Å². The van der Waals surface area contributed by atoms with Gasteiger partial charge in [-0.2, -0.15) is 0 Å². The molecule has 2 N–H and O–H groups in total. The van der Waals surface area contributed by atoms with Crippen molar-refractivity contribution in [3.05, 3.63) is 57.8 Å². The molecule has 2 amide bonds. The van der Waals surface area contributed by atoms with Gasteiger partial charge in [-0.3, -0.25) is 4.79 Å². The van der Waals surface area contributed by atoms with Gasteiger partial charge in [0.15, 0.2) is 0 Å². The third kappa shape index (κ3) is 5.08. The Kier molecular flexibility index (Phi) is 6.80. The van der Waals surface area contributed by atoms with Crippen LogP contribution in [0.4, 0.5) is 4.79 Å². The predicted octanol–water partition coefficient (Wildman–Crippen LogP) is 4.32. The summed E-state index contributed by atoms with van der Waals surface area (Å²) in [6.07, 6.45) is 0. The Morgan fingerprint density at radius 2 is 1.73 bits per heavy atom. The molecule has 2 atom stereocenters. The molecule has 0 fully saturated rings. The van der Waals surface area contributed by atoms with E-state index in [-0.39, 0.29) is 18.6 Å². The summed E-state index contributed by atoms with van der Waals surface area (Å²) in [5.41, 5.74) is 2.25. The molecule has 1 aromatic heterocycles. The first-order valence-electron chi connectivity index (χ1n) is 8.67. The van der Waals surface area contributed by atoms with E-state index >= 15 is 0 Å². The standard InChI is InChI=1S/C20H26N2O3S/c1-13(2)15-7-9-16(10-8-15)18(17-6-5-11-26-17)21-20(25)22(4)12-14(3)19(23)24/h5-11,13-14,18H,12H2,1-4H3,(H,21,25)(H,23,24). The summed E-state index contributed by atoms with van der Waals surface area (Å²) < 4.78 is 0. The molecule has 0 spiro atoms. The molecule has 140 valence electrons. The molecular formula is C20H26N2O3S. The number of rotatable bonds is 7. The molecule has 2 aromatic rings. The van der Waals surface area contributed by atoms with Gasteiger partial charge in [0.25, 0.3) is 0 Å². The van der Waals surface area contributed by atoms with Crippen LogP contribution in [0.1, 0.15) is 48.7 Å². The van der Waals surface area contributed by atoms with E-state index in [1.807, 2.05) is 29.6 Å². The zero-order chi connectivity index (χ0) is 19.3. The maximum Gasteiger partial charge on any atom is 0.317 e. The summed E-state index contributed by atoms with van der Waals surface area (Å²) in [7, 11) is 1.61. The number of urea groups is 1. The van der Waals surface area contributed by atoms with E-state index in [0.29, 0.717) is 5.92 Å². The smallest absolute Gasteiger partial charge is 0.317 e. The van der Waals surface area contributed by atoms with Crippen LogP contribution >= 0.6 is 11.3 Å². The average Bonchev–Trinajstić information content (AvgIpc) is 3.13. The maximum atomic E-state index is 12.6. The molecule has 2 rings (SSSR count). The molecule has 2 unspecified atom stereocenters. The highest BCUT2D eigenvalue weighted by molar-refractivity contribution is 7.10. The van der Waals surface area contributed by atoms with Crippen LogP contribution in [-0.4, -0.2) is 35.6 Å². The van der Waals surface area contributed by atoms with Crippen molar-refractivity contribution < 1.29 is 14.7 Å². The lowest BCUT2D eigenvalue weighted by molar-refractivity contribution is -0.141. The van der Waals surface area contributed by atoms with Crippen LogP contribution in [0.15, 0.2) is 41.8 Å². The molecule has 0 bridgehead atoms. The molecule has 6 heteroatoms. The average molecular weight is 375 g/mol. The summed E-state index contributed by atoms with van der Waals surface area (Å²) >= 11 is 1.58. The quantitative estimate of drug-likeness (QED) is 0.758. The lowest BCUT2D eigenvalue weighted by atomic mass is 9.98. The van der Waals surface area contributed by atoms with Gasteiger partial charge in [0, 0.05) is 18.5 Å². The number of benzene rings is 1. The van der Waals surface area contributed by atoms with Gasteiger partial charge in [-0.25, -0.2) is 4.79 Å². The fourth-order valence-electron chi connectivity index (χ4n) is 2.65. The number of aliphatic carboxylic acids is 1. The highest BCUT2D eigenvalue weighted by Gasteiger charge is 2.22. The zero-order valence-corrected chi connectivity index (χ0v) is 16.4. The Morgan fingerprint density at radius 3 is 2.23 bits per heavy atom. The molecule has 0 aliphatic heterocycles. The Labute approximate surface area is 158 Å². The van der Waals surface area contributed by atoms with Gasteiger partial charge in [0.05, 0.1) is 12.0 Å². The van der Waals surface area contributed by atoms with Gasteiger partial charge in [-0.1, -0.05) is 51.1 Å². The van der Waals surface area contributed by atoms with Crippen molar-refractivity contribution in [1.82, 2.24) is 10.2 Å². The zero-order valence-electron chi connectivity index (χ0n) is 15.6. The number of nitrogens with one attached hydrogen (secondary N) is 1. The van der Waals surface area contributed by atoms with Crippen LogP contribution < -0.4 is 5.32 Å². The second kappa shape index (κ2) is 8.85. The van der Waals surface area contributed by atoms with Crippen LogP contribution in [0.25, 0.3) is 0 Å². The number of hydrogen-bond donors (Lipinski definition) is 2. The monoisotopic (exact) mass is 374 g/mol. The number of carboxylic acid groups (broad SMARTS) is 1. The summed E-state index contributed by atoms with van der Waals surface area (Å²) in [5.74, 6) is -1.08. The van der Waals surface area contributed by atoms with Crippen molar-refractivity contribution in [2.45, 2.75) is 32.7 Å². The number of carboxylic acids is 1. The first kappa shape index (κ1) is 20.0. The Hall–Kier alpha value is -2.34. The Morgan fingerprint density at radius 1 is 1.12 bits per heavy atom. The van der Waals surface area contributed by atoms with Crippen LogP contribution in [-0.2, 0) is 4.79 Å². The third-order valence-corrected chi connectivity index (χ3v) is 5.29. The van der Waals surface area contributed by atoms with E-state index in [9.17, 15) is 9.59 Å². The van der Waals surface area contributed by atoms with E-state index < -0.39 is 11.9 Å². The number of nitrogens with zero attached hydrogens (tertiary/aromatic N) is 1. The van der Waals surface area contributed by atoms with Gasteiger partial charge in [-0.05, 0) is 28.5 Å². The van der Waals surface area contributed by atoms with E-state index in [0.717, 1.165) is 10.4 Å². The highest BCUT2D eigenvalue weighted by Crippen LogP contribution is 2.27. The van der Waals surface area contributed by atoms with Gasteiger partial charge < -0.3 is 15.3 Å². The number of carbonyl (C=O) groups excluding carboxylic acids is 1. The first-order valence-corrected chi connectivity index (χ1v) is 9.55. The molecule has 1 heterocycles. The minimum atomic E-state index is -0.913. The minimum Gasteiger partial charge on any atom is -0.481 e. The molecule has 26 heavy (non-hydrogen) atoms. The molecule has 1 aromatic carbocycles. The molecular weight excluding hydrogens is 348 g/mol. The summed E-state index contributed by atoms with van der Waals surface area (Å²) in [6, 6.07) is 11.7. The van der Waals surface area contributed by atoms with Crippen molar-refractivity contribution in [3.8, 4) is 0 Å². The normalized spacial score (nSPS) is 13.3. The highest BCUT2D eigenvalue weighted by atomic mass is 32.1. The van der Waals surface area contributed by atoms with Gasteiger partial charge in [0.2, 0.25) is 0 Å². The molecule has 0 radical (unpaired) electrons. The molecule has 5 nitrogen and oxygen atoms in total. The van der Waals surface area contributed by atoms with E-state index in [4.69, 9.17) is 5.11 Å². The van der Waals surface area contributed by atoms with Crippen molar-refractivity contribution in [3.63, 3.8) is 0 Å². The second-order valence-corrected chi connectivity index (χ2v) is 7.82. The number of carbonyl (C=O) groups is 2. The van der Waals surface area contributed by atoms with E-state index in [1.165, 1.54) is 10.5 Å². The van der Waals surface area contributed by atoms with Crippen molar-refractivity contribution in [2.75, 3.05) is 13.6 Å². The summed E-state index contributed by atoms with van der Waals surface area (Å²) in [5, 5.41) is 14.0. The summed E-state index contributed by atoms with van der Waals surface area (Å²) in [6.45, 7) is 6.04. The van der Waals surface area contributed by atoms with E-state index in [2.05, 4.69) is 31.3 Å². The van der Waals surface area contributed by atoms with Crippen LogP contribution in [0.3, 0.4) is 0 Å². The maximum absolute atomic E-state index is 12.6. The van der Waals surface area contributed by atoms with Gasteiger partial charge >= 0.3 is 12.0 Å². The second-order valence-electron chi connectivity index (χ2n) is 6.84. The lowest BCUT2D eigenvalue weighted by Crippen LogP contribution is -2.42. The molecule has 0 aliphatic rings. The fraction of sp³-hybridized carbons (Fsp3) is 0.400. The lowest BCUT2D eigenvalue weighted by Gasteiger charge is -2.25. The fourth-order valence-corrected chi connectivity index (χ4v) is 3.46. The molecule has 0 saturated heterocycles. The largest absolute Gasteiger partial charge is 0.481 e. The van der Waals surface area contributed by atoms with E-state index in [1.54, 1.807) is 25.3 Å². The number of thiophene rings is 1. The third-order valence-electron chi connectivity index (χ3n) is 4.35. The van der Waals surface area contributed by atoms with Gasteiger partial charge in [-0.15, -0.1) is 11.3 Å². The van der Waals surface area contributed by atoms with Crippen molar-refractivity contribution in [2.24, 2.45) is 5.92 Å². The van der Waals surface area contributed by atoms with Crippen molar-refractivity contribution >= 4 is 23.3 Å². The molecule has 0 aliphatic carbocycles. The van der Waals surface area contributed by atoms with Crippen molar-refractivity contribution in [1.29, 1.82) is 0 Å². The molecule has 0 saturated carbocycles. The summed E-state index contributed by atoms with van der Waals surface area (Å²) in [4.78, 5) is 26.1. The number of hydrogen-bond acceptors (Lipinski definition) is 3. The SMILES string of the molecule is CC(CN(C)C(=O)NC(c1ccc(C(C)C)cc1)c1cccs1)C(=O)O. The van der Waals surface area contributed by atoms with Crippen LogP contribution in [0, 0.1) is 5.92 Å². The Balaban J connectivity index is 2.18. The Bertz CT molecular complexity index is 726. The minimum absolute atomic E-state index is 0.157. The van der Waals surface area contributed by atoms with Crippen LogP contribution in [0.2, 0.25) is 0 Å². The van der Waals surface area contributed by atoms with Gasteiger partial charge in [0.1, 0.15) is 0 Å². The predicted molar refractivity (Wildman–Crippen MR) is 105 cm³/mol. The topological polar surface area (TPSA) is 69.6 Å². The first-order chi connectivity index (χ1) is 12.3.